The Morgan fingerprint density at radius 2 is 1.71 bits per heavy atom. The molecule has 0 saturated heterocycles. The second kappa shape index (κ2) is 9.70. The Morgan fingerprint density at radius 3 is 2.39 bits per heavy atom. The molecule has 0 bridgehead atoms. The zero-order chi connectivity index (χ0) is 19.8. The van der Waals surface area contributed by atoms with Crippen LogP contribution in [0.5, 0.6) is 0 Å². The Morgan fingerprint density at radius 1 is 1.04 bits per heavy atom. The van der Waals surface area contributed by atoms with Crippen LogP contribution < -0.4 is 5.73 Å². The van der Waals surface area contributed by atoms with Crippen molar-refractivity contribution in [1.82, 2.24) is 19.7 Å². The van der Waals surface area contributed by atoms with Crippen molar-refractivity contribution in [1.29, 1.82) is 0 Å². The average Bonchev–Trinajstić information content (AvgIpc) is 3.20. The van der Waals surface area contributed by atoms with Crippen molar-refractivity contribution in [2.24, 2.45) is 5.73 Å². The molecule has 2 N–H and O–H groups in total. The molecule has 144 valence electrons. The van der Waals surface area contributed by atoms with E-state index in [0.717, 1.165) is 11.3 Å². The van der Waals surface area contributed by atoms with Gasteiger partial charge in [0.2, 0.25) is 17.0 Å². The van der Waals surface area contributed by atoms with E-state index < -0.39 is 5.91 Å². The summed E-state index contributed by atoms with van der Waals surface area (Å²) >= 11 is 1.27. The number of nitrogens with zero attached hydrogens (tertiary/aromatic N) is 4. The Hall–Kier alpha value is -3.13. The van der Waals surface area contributed by atoms with Crippen molar-refractivity contribution in [3.63, 3.8) is 0 Å². The van der Waals surface area contributed by atoms with Crippen molar-refractivity contribution in [3.8, 4) is 5.69 Å². The third-order valence-electron chi connectivity index (χ3n) is 4.01. The Balaban J connectivity index is 1.61. The van der Waals surface area contributed by atoms with Crippen molar-refractivity contribution < 1.29 is 9.59 Å². The summed E-state index contributed by atoms with van der Waals surface area (Å²) in [5, 5.41) is 4.91. The van der Waals surface area contributed by atoms with E-state index in [4.69, 9.17) is 5.73 Å². The molecular weight excluding hydrogens is 374 g/mol. The highest BCUT2D eigenvalue weighted by Gasteiger charge is 2.16. The van der Waals surface area contributed by atoms with Gasteiger partial charge in [0.05, 0.1) is 11.4 Å². The van der Waals surface area contributed by atoms with E-state index in [1.54, 1.807) is 15.9 Å². The molecule has 0 fully saturated rings. The molecule has 0 aliphatic carbocycles. The molecule has 3 aromatic rings. The van der Waals surface area contributed by atoms with Crippen LogP contribution in [0.25, 0.3) is 5.69 Å². The van der Waals surface area contributed by atoms with Gasteiger partial charge in [-0.2, -0.15) is 0 Å². The molecule has 0 radical (unpaired) electrons. The number of aromatic nitrogens is 3. The number of para-hydroxylation sites is 1. The van der Waals surface area contributed by atoms with Gasteiger partial charge in [0.15, 0.2) is 0 Å². The fourth-order valence-electron chi connectivity index (χ4n) is 2.58. The number of benzene rings is 2. The topological polar surface area (TPSA) is 94.1 Å². The summed E-state index contributed by atoms with van der Waals surface area (Å²) in [5.74, 6) is -0.335. The molecule has 0 aliphatic heterocycles. The summed E-state index contributed by atoms with van der Waals surface area (Å²) < 4.78 is 1.67. The minimum absolute atomic E-state index is 0.0915. The second-order valence-corrected chi connectivity index (χ2v) is 7.06. The lowest BCUT2D eigenvalue weighted by Crippen LogP contribution is -2.34. The normalized spacial score (nSPS) is 10.6. The molecule has 0 atom stereocenters. The molecule has 0 unspecified atom stereocenters. The molecule has 0 saturated carbocycles. The van der Waals surface area contributed by atoms with Crippen LogP contribution in [-0.4, -0.2) is 43.8 Å². The van der Waals surface area contributed by atoms with Gasteiger partial charge >= 0.3 is 0 Å². The van der Waals surface area contributed by atoms with E-state index in [-0.39, 0.29) is 24.6 Å². The fraction of sp³-hybridized carbons (Fsp3) is 0.200. The van der Waals surface area contributed by atoms with Gasteiger partial charge in [0.25, 0.3) is 0 Å². The molecule has 1 aromatic heterocycles. The van der Waals surface area contributed by atoms with Crippen molar-refractivity contribution in [2.45, 2.75) is 18.1 Å². The third-order valence-corrected chi connectivity index (χ3v) is 4.85. The van der Waals surface area contributed by atoms with Gasteiger partial charge in [-0.15, -0.1) is 5.10 Å². The Labute approximate surface area is 167 Å². The summed E-state index contributed by atoms with van der Waals surface area (Å²) in [6, 6.07) is 19.3. The smallest absolute Gasteiger partial charge is 0.233 e. The van der Waals surface area contributed by atoms with Gasteiger partial charge in [0, 0.05) is 19.5 Å². The van der Waals surface area contributed by atoms with Crippen LogP contribution in [0.3, 0.4) is 0 Å². The number of thioether (sulfide) groups is 1. The number of rotatable bonds is 9. The van der Waals surface area contributed by atoms with Crippen LogP contribution in [-0.2, 0) is 16.1 Å². The number of carbonyl (C=O) groups is 2. The lowest BCUT2D eigenvalue weighted by atomic mass is 10.2. The van der Waals surface area contributed by atoms with Crippen molar-refractivity contribution >= 4 is 23.6 Å². The first kappa shape index (κ1) is 19.6. The molecule has 0 spiro atoms. The highest BCUT2D eigenvalue weighted by Crippen LogP contribution is 2.16. The lowest BCUT2D eigenvalue weighted by molar-refractivity contribution is -0.129. The third kappa shape index (κ3) is 5.68. The summed E-state index contributed by atoms with van der Waals surface area (Å²) in [5.41, 5.74) is 7.15. The van der Waals surface area contributed by atoms with Gasteiger partial charge in [-0.25, -0.2) is 9.67 Å². The molecule has 8 heteroatoms. The fourth-order valence-corrected chi connectivity index (χ4v) is 3.28. The number of nitrogens with two attached hydrogens (primary N) is 1. The van der Waals surface area contributed by atoms with Gasteiger partial charge in [-0.3, -0.25) is 9.59 Å². The van der Waals surface area contributed by atoms with Crippen LogP contribution in [0.15, 0.2) is 72.1 Å². The van der Waals surface area contributed by atoms with Crippen molar-refractivity contribution in [2.75, 3.05) is 12.3 Å². The summed E-state index contributed by atoms with van der Waals surface area (Å²) in [6.45, 7) is 0.717. The zero-order valence-corrected chi connectivity index (χ0v) is 16.1. The number of hydrogen-bond donors (Lipinski definition) is 1. The first-order valence-corrected chi connectivity index (χ1v) is 9.80. The van der Waals surface area contributed by atoms with Gasteiger partial charge < -0.3 is 10.6 Å². The first-order chi connectivity index (χ1) is 13.6. The number of amides is 2. The summed E-state index contributed by atoms with van der Waals surface area (Å²) in [7, 11) is 0. The van der Waals surface area contributed by atoms with Crippen LogP contribution in [0.4, 0.5) is 0 Å². The van der Waals surface area contributed by atoms with E-state index in [1.807, 2.05) is 60.7 Å². The SMILES string of the molecule is NC(=O)CCN(Cc1ccccc1)C(=O)CSc1ncn(-c2ccccc2)n1. The average molecular weight is 395 g/mol. The second-order valence-electron chi connectivity index (χ2n) is 6.11. The highest BCUT2D eigenvalue weighted by molar-refractivity contribution is 7.99. The van der Waals surface area contributed by atoms with E-state index in [2.05, 4.69) is 10.1 Å². The van der Waals surface area contributed by atoms with E-state index >= 15 is 0 Å². The monoisotopic (exact) mass is 395 g/mol. The standard InChI is InChI=1S/C20H21N5O2S/c21-18(26)11-12-24(13-16-7-3-1-4-8-16)19(27)14-28-20-22-15-25(23-20)17-9-5-2-6-10-17/h1-10,15H,11-14H2,(H2,21,26). The molecule has 28 heavy (non-hydrogen) atoms. The zero-order valence-electron chi connectivity index (χ0n) is 15.3. The van der Waals surface area contributed by atoms with Crippen LogP contribution in [0, 0.1) is 0 Å². The molecule has 2 aromatic carbocycles. The predicted molar refractivity (Wildman–Crippen MR) is 108 cm³/mol. The predicted octanol–water partition coefficient (Wildman–Crippen LogP) is 2.26. The van der Waals surface area contributed by atoms with Gasteiger partial charge in [0.1, 0.15) is 6.33 Å². The number of carbonyl (C=O) groups excluding carboxylic acids is 2. The maximum absolute atomic E-state index is 12.7. The Kier molecular flexibility index (Phi) is 6.80. The summed E-state index contributed by atoms with van der Waals surface area (Å²) in [4.78, 5) is 29.7. The maximum atomic E-state index is 12.7. The number of primary amides is 1. The first-order valence-electron chi connectivity index (χ1n) is 8.82. The molecule has 7 nitrogen and oxygen atoms in total. The quantitative estimate of drug-likeness (QED) is 0.561. The van der Waals surface area contributed by atoms with Crippen LogP contribution >= 0.6 is 11.8 Å². The minimum atomic E-state index is -0.429. The molecule has 2 amide bonds. The van der Waals surface area contributed by atoms with Gasteiger partial charge in [-0.05, 0) is 17.7 Å². The van der Waals surface area contributed by atoms with Crippen LogP contribution in [0.1, 0.15) is 12.0 Å². The molecule has 0 aliphatic rings. The molecule has 3 rings (SSSR count). The minimum Gasteiger partial charge on any atom is -0.370 e. The molecular formula is C20H21N5O2S. The highest BCUT2D eigenvalue weighted by atomic mass is 32.2. The van der Waals surface area contributed by atoms with Crippen LogP contribution in [0.2, 0.25) is 0 Å². The van der Waals surface area contributed by atoms with Gasteiger partial charge in [-0.1, -0.05) is 60.3 Å². The number of hydrogen-bond acceptors (Lipinski definition) is 5. The lowest BCUT2D eigenvalue weighted by Gasteiger charge is -2.22. The van der Waals surface area contributed by atoms with Crippen molar-refractivity contribution in [3.05, 3.63) is 72.6 Å². The Bertz CT molecular complexity index is 915. The van der Waals surface area contributed by atoms with E-state index in [1.165, 1.54) is 11.8 Å². The van der Waals surface area contributed by atoms with E-state index in [9.17, 15) is 9.59 Å². The van der Waals surface area contributed by atoms with E-state index in [0.29, 0.717) is 11.7 Å². The maximum Gasteiger partial charge on any atom is 0.233 e. The molecule has 1 heterocycles. The largest absolute Gasteiger partial charge is 0.370 e. The summed E-state index contributed by atoms with van der Waals surface area (Å²) in [6.07, 6.45) is 1.75.